The van der Waals surface area contributed by atoms with Crippen LogP contribution in [-0.2, 0) is 0 Å². The van der Waals surface area contributed by atoms with Crippen molar-refractivity contribution < 1.29 is 0 Å². The van der Waals surface area contributed by atoms with Gasteiger partial charge in [-0.05, 0) is 32.4 Å². The van der Waals surface area contributed by atoms with Crippen LogP contribution in [0.1, 0.15) is 40.5 Å². The Morgan fingerprint density at radius 3 is 2.06 bits per heavy atom. The molecule has 0 aromatic rings. The smallest absolute Gasteiger partial charge is 0.0663 e. The molecule has 0 saturated carbocycles. The van der Waals surface area contributed by atoms with Crippen molar-refractivity contribution in [2.45, 2.75) is 53.6 Å². The molecule has 2 aliphatic rings. The molecule has 1 aliphatic carbocycles. The van der Waals surface area contributed by atoms with E-state index in [-0.39, 0.29) is 0 Å². The molecule has 90 valence electrons. The zero-order valence-electron chi connectivity index (χ0n) is 11.4. The number of rotatable bonds is 0. The SMILES string of the molecule is CC1(C)CCC(C)(C)C2=C1C=C(I)[Si]2(C)C. The summed E-state index contributed by atoms with van der Waals surface area (Å²) in [6, 6.07) is 0. The van der Waals surface area contributed by atoms with Crippen molar-refractivity contribution in [3.8, 4) is 0 Å². The third-order valence-corrected chi connectivity index (χ3v) is 12.4. The molecule has 0 saturated heterocycles. The van der Waals surface area contributed by atoms with Gasteiger partial charge < -0.3 is 0 Å². The minimum absolute atomic E-state index is 0.405. The van der Waals surface area contributed by atoms with E-state index in [1.807, 2.05) is 5.20 Å². The number of halogens is 1. The minimum atomic E-state index is -1.30. The van der Waals surface area contributed by atoms with E-state index in [1.165, 1.54) is 12.8 Å². The second-order valence-corrected chi connectivity index (χ2v) is 13.6. The van der Waals surface area contributed by atoms with Gasteiger partial charge in [0.15, 0.2) is 0 Å². The van der Waals surface area contributed by atoms with Crippen LogP contribution in [0.2, 0.25) is 13.1 Å². The fourth-order valence-electron chi connectivity index (χ4n) is 3.46. The molecule has 0 radical (unpaired) electrons. The number of hydrogen-bond acceptors (Lipinski definition) is 0. The van der Waals surface area contributed by atoms with Gasteiger partial charge >= 0.3 is 0 Å². The second kappa shape index (κ2) is 3.47. The van der Waals surface area contributed by atoms with Crippen LogP contribution in [0.25, 0.3) is 0 Å². The average molecular weight is 346 g/mol. The Kier molecular flexibility index (Phi) is 2.79. The van der Waals surface area contributed by atoms with E-state index in [1.54, 1.807) is 8.78 Å². The Morgan fingerprint density at radius 1 is 1.06 bits per heavy atom. The number of allylic oxidation sites excluding steroid dienone is 3. The molecule has 0 nitrogen and oxygen atoms in total. The van der Waals surface area contributed by atoms with Crippen LogP contribution in [0.3, 0.4) is 0 Å². The van der Waals surface area contributed by atoms with Gasteiger partial charge in [-0.15, -0.1) is 0 Å². The van der Waals surface area contributed by atoms with Crippen molar-refractivity contribution in [2.75, 3.05) is 0 Å². The molecule has 0 aromatic carbocycles. The average Bonchev–Trinajstić information content (AvgIpc) is 2.35. The summed E-state index contributed by atoms with van der Waals surface area (Å²) < 4.78 is 1.65. The van der Waals surface area contributed by atoms with Gasteiger partial charge in [0.25, 0.3) is 0 Å². The first-order valence-electron chi connectivity index (χ1n) is 6.22. The number of hydrogen-bond donors (Lipinski definition) is 0. The summed E-state index contributed by atoms with van der Waals surface area (Å²) in [4.78, 5) is 0. The highest BCUT2D eigenvalue weighted by Crippen LogP contribution is 2.57. The van der Waals surface area contributed by atoms with Gasteiger partial charge in [0.1, 0.15) is 8.07 Å². The summed E-state index contributed by atoms with van der Waals surface area (Å²) in [5, 5.41) is 1.83. The molecule has 1 aliphatic heterocycles. The highest BCUT2D eigenvalue weighted by Gasteiger charge is 2.49. The first kappa shape index (κ1) is 12.9. The fraction of sp³-hybridized carbons (Fsp3) is 0.714. The summed E-state index contributed by atoms with van der Waals surface area (Å²) in [6.07, 6.45) is 5.21. The van der Waals surface area contributed by atoms with Crippen LogP contribution in [-0.4, -0.2) is 8.07 Å². The van der Waals surface area contributed by atoms with Crippen molar-refractivity contribution in [1.29, 1.82) is 0 Å². The van der Waals surface area contributed by atoms with E-state index >= 15 is 0 Å². The van der Waals surface area contributed by atoms with Crippen LogP contribution >= 0.6 is 22.6 Å². The summed E-state index contributed by atoms with van der Waals surface area (Å²) in [7, 11) is -1.30. The van der Waals surface area contributed by atoms with Gasteiger partial charge in [-0.3, -0.25) is 0 Å². The molecule has 0 N–H and O–H groups in total. The molecule has 0 atom stereocenters. The Balaban J connectivity index is 2.65. The quantitative estimate of drug-likeness (QED) is 0.415. The Bertz CT molecular complexity index is 397. The van der Waals surface area contributed by atoms with Crippen molar-refractivity contribution in [1.82, 2.24) is 0 Å². The van der Waals surface area contributed by atoms with Crippen molar-refractivity contribution in [3.63, 3.8) is 0 Å². The highest BCUT2D eigenvalue weighted by atomic mass is 127. The standard InChI is InChI=1S/C14H23ISi/c1-13(2)7-8-14(3,4)12-10(13)9-11(15)16(12,5)6/h9H,7-8H2,1-6H3. The predicted molar refractivity (Wildman–Crippen MR) is 83.4 cm³/mol. The molecular weight excluding hydrogens is 323 g/mol. The van der Waals surface area contributed by atoms with Crippen molar-refractivity contribution >= 4 is 30.7 Å². The van der Waals surface area contributed by atoms with Crippen LogP contribution < -0.4 is 0 Å². The molecule has 0 bridgehead atoms. The Morgan fingerprint density at radius 2 is 1.56 bits per heavy atom. The first-order chi connectivity index (χ1) is 7.09. The zero-order valence-corrected chi connectivity index (χ0v) is 14.5. The summed E-state index contributed by atoms with van der Waals surface area (Å²) in [5.74, 6) is 0. The highest BCUT2D eigenvalue weighted by molar-refractivity contribution is 14.1. The molecule has 0 fully saturated rings. The van der Waals surface area contributed by atoms with E-state index in [9.17, 15) is 0 Å². The van der Waals surface area contributed by atoms with Crippen LogP contribution in [0.15, 0.2) is 20.0 Å². The molecule has 1 heterocycles. The minimum Gasteiger partial charge on any atom is -0.0663 e. The molecule has 0 unspecified atom stereocenters. The molecule has 2 rings (SSSR count). The van der Waals surface area contributed by atoms with Crippen LogP contribution in [0.4, 0.5) is 0 Å². The summed E-state index contributed by atoms with van der Waals surface area (Å²) in [6.45, 7) is 14.8. The maximum absolute atomic E-state index is 2.59. The maximum atomic E-state index is 2.59. The predicted octanol–water partition coefficient (Wildman–Crippen LogP) is 5.25. The van der Waals surface area contributed by atoms with Crippen molar-refractivity contribution in [2.24, 2.45) is 10.8 Å². The van der Waals surface area contributed by atoms with E-state index in [0.29, 0.717) is 10.8 Å². The van der Waals surface area contributed by atoms with Crippen LogP contribution in [0, 0.1) is 10.8 Å². The normalized spacial score (nSPS) is 30.1. The monoisotopic (exact) mass is 346 g/mol. The van der Waals surface area contributed by atoms with Crippen molar-refractivity contribution in [3.05, 3.63) is 20.0 Å². The molecule has 0 spiro atoms. The molecular formula is C14H23ISi. The summed E-state index contributed by atoms with van der Waals surface area (Å²) >= 11 is 2.59. The van der Waals surface area contributed by atoms with E-state index < -0.39 is 8.07 Å². The third kappa shape index (κ3) is 1.67. The van der Waals surface area contributed by atoms with Gasteiger partial charge in [0.2, 0.25) is 0 Å². The molecule has 0 aromatic heterocycles. The Hall–Kier alpha value is 0.427. The Labute approximate surface area is 115 Å². The maximum Gasteiger partial charge on any atom is 0.116 e. The fourth-order valence-corrected chi connectivity index (χ4v) is 8.23. The zero-order chi connectivity index (χ0) is 12.4. The largest absolute Gasteiger partial charge is 0.116 e. The van der Waals surface area contributed by atoms with Gasteiger partial charge in [0.05, 0.1) is 0 Å². The van der Waals surface area contributed by atoms with Gasteiger partial charge in [0, 0.05) is 0 Å². The van der Waals surface area contributed by atoms with E-state index in [4.69, 9.17) is 0 Å². The lowest BCUT2D eigenvalue weighted by Gasteiger charge is -2.45. The third-order valence-electron chi connectivity index (χ3n) is 4.54. The lowest BCUT2D eigenvalue weighted by molar-refractivity contribution is 0.279. The van der Waals surface area contributed by atoms with E-state index in [2.05, 4.69) is 69.5 Å². The molecule has 2 heteroatoms. The molecule has 16 heavy (non-hydrogen) atoms. The van der Waals surface area contributed by atoms with E-state index in [0.717, 1.165) is 0 Å². The lowest BCUT2D eigenvalue weighted by atomic mass is 9.67. The summed E-state index contributed by atoms with van der Waals surface area (Å²) in [5.41, 5.74) is 2.52. The molecule has 0 amide bonds. The first-order valence-corrected chi connectivity index (χ1v) is 10.3. The van der Waals surface area contributed by atoms with Gasteiger partial charge in [-0.2, -0.15) is 0 Å². The topological polar surface area (TPSA) is 0 Å². The lowest BCUT2D eigenvalue weighted by Crippen LogP contribution is -2.40. The second-order valence-electron chi connectivity index (χ2n) is 7.17. The van der Waals surface area contributed by atoms with Crippen LogP contribution in [0.5, 0.6) is 0 Å². The van der Waals surface area contributed by atoms with Gasteiger partial charge in [-0.1, -0.05) is 74.7 Å². The van der Waals surface area contributed by atoms with Gasteiger partial charge in [-0.25, -0.2) is 0 Å².